The van der Waals surface area contributed by atoms with Crippen LogP contribution in [0.15, 0.2) is 18.2 Å². The van der Waals surface area contributed by atoms with Gasteiger partial charge in [-0.15, -0.1) is 0 Å². The van der Waals surface area contributed by atoms with Gasteiger partial charge < -0.3 is 5.73 Å². The van der Waals surface area contributed by atoms with E-state index in [1.54, 1.807) is 6.07 Å². The van der Waals surface area contributed by atoms with E-state index in [2.05, 4.69) is 17.8 Å². The van der Waals surface area contributed by atoms with Crippen molar-refractivity contribution in [1.82, 2.24) is 10.9 Å². The molecule has 1 saturated heterocycles. The van der Waals surface area contributed by atoms with Crippen LogP contribution in [0.2, 0.25) is 0 Å². The minimum atomic E-state index is -0.811. The van der Waals surface area contributed by atoms with Gasteiger partial charge in [-0.05, 0) is 37.0 Å². The summed E-state index contributed by atoms with van der Waals surface area (Å²) in [4.78, 5) is 0. The van der Waals surface area contributed by atoms with Gasteiger partial charge in [-0.3, -0.25) is 10.9 Å². The molecule has 0 aromatic heterocycles. The molecule has 18 heavy (non-hydrogen) atoms. The number of nitrogens with two attached hydrogens (primary N) is 1. The van der Waals surface area contributed by atoms with E-state index in [-0.39, 0.29) is 18.1 Å². The molecule has 3 unspecified atom stereocenters. The summed E-state index contributed by atoms with van der Waals surface area (Å²) in [6.45, 7) is 2.06. The normalized spacial score (nSPS) is 25.3. The molecule has 1 aliphatic heterocycles. The fraction of sp³-hybridized carbons (Fsp3) is 0.538. The van der Waals surface area contributed by atoms with Gasteiger partial charge in [0, 0.05) is 18.1 Å². The fourth-order valence-corrected chi connectivity index (χ4v) is 2.26. The summed E-state index contributed by atoms with van der Waals surface area (Å²) in [5.74, 6) is -1.61. The third-order valence-corrected chi connectivity index (χ3v) is 3.44. The molecule has 1 fully saturated rings. The minimum absolute atomic E-state index is 0.00848. The predicted molar refractivity (Wildman–Crippen MR) is 66.7 cm³/mol. The van der Waals surface area contributed by atoms with Crippen molar-refractivity contribution in [2.45, 2.75) is 44.3 Å². The van der Waals surface area contributed by atoms with Crippen LogP contribution in [0.5, 0.6) is 0 Å². The Morgan fingerprint density at radius 2 is 2.11 bits per heavy atom. The number of hydrogen-bond acceptors (Lipinski definition) is 3. The highest BCUT2D eigenvalue weighted by Crippen LogP contribution is 2.25. The Morgan fingerprint density at radius 1 is 1.33 bits per heavy atom. The van der Waals surface area contributed by atoms with Gasteiger partial charge in [-0.2, -0.15) is 0 Å². The van der Waals surface area contributed by atoms with Gasteiger partial charge in [0.25, 0.3) is 0 Å². The zero-order chi connectivity index (χ0) is 13.1. The topological polar surface area (TPSA) is 50.1 Å². The molecule has 4 N–H and O–H groups in total. The van der Waals surface area contributed by atoms with Gasteiger partial charge in [-0.25, -0.2) is 8.78 Å². The van der Waals surface area contributed by atoms with E-state index in [1.807, 2.05) is 0 Å². The number of hydrogen-bond donors (Lipinski definition) is 3. The van der Waals surface area contributed by atoms with Crippen molar-refractivity contribution < 1.29 is 8.78 Å². The Hall–Kier alpha value is -1.04. The Morgan fingerprint density at radius 3 is 2.78 bits per heavy atom. The highest BCUT2D eigenvalue weighted by molar-refractivity contribution is 5.22. The van der Waals surface area contributed by atoms with Crippen molar-refractivity contribution in [3.63, 3.8) is 0 Å². The largest absolute Gasteiger partial charge is 0.328 e. The van der Waals surface area contributed by atoms with Crippen LogP contribution < -0.4 is 16.6 Å². The second-order valence-corrected chi connectivity index (χ2v) is 4.85. The van der Waals surface area contributed by atoms with Crippen molar-refractivity contribution >= 4 is 0 Å². The summed E-state index contributed by atoms with van der Waals surface area (Å²) in [7, 11) is 0. The second kappa shape index (κ2) is 5.73. The van der Waals surface area contributed by atoms with Gasteiger partial charge in [0.05, 0.1) is 0 Å². The zero-order valence-corrected chi connectivity index (χ0v) is 10.4. The minimum Gasteiger partial charge on any atom is -0.328 e. The van der Waals surface area contributed by atoms with E-state index in [0.29, 0.717) is 0 Å². The Labute approximate surface area is 106 Å². The average molecular weight is 255 g/mol. The molecule has 0 saturated carbocycles. The lowest BCUT2D eigenvalue weighted by molar-refractivity contribution is 0.460. The van der Waals surface area contributed by atoms with Crippen LogP contribution in [0.4, 0.5) is 8.78 Å². The molecule has 1 aromatic rings. The van der Waals surface area contributed by atoms with Gasteiger partial charge in [0.1, 0.15) is 0 Å². The quantitative estimate of drug-likeness (QED) is 0.771. The van der Waals surface area contributed by atoms with Crippen molar-refractivity contribution in [2.24, 2.45) is 5.73 Å². The van der Waals surface area contributed by atoms with Gasteiger partial charge >= 0.3 is 0 Å². The lowest BCUT2D eigenvalue weighted by Crippen LogP contribution is -2.35. The smallest absolute Gasteiger partial charge is 0.159 e. The van der Waals surface area contributed by atoms with Crippen molar-refractivity contribution in [3.05, 3.63) is 35.4 Å². The first kappa shape index (κ1) is 13.4. The molecular weight excluding hydrogens is 236 g/mol. The first-order valence-corrected chi connectivity index (χ1v) is 6.31. The van der Waals surface area contributed by atoms with E-state index in [0.717, 1.165) is 30.9 Å². The summed E-state index contributed by atoms with van der Waals surface area (Å²) < 4.78 is 26.0. The number of hydrazine groups is 1. The van der Waals surface area contributed by atoms with Gasteiger partial charge in [-0.1, -0.05) is 13.0 Å². The molecule has 0 bridgehead atoms. The van der Waals surface area contributed by atoms with E-state index < -0.39 is 11.6 Å². The van der Waals surface area contributed by atoms with Gasteiger partial charge in [0.15, 0.2) is 11.6 Å². The maximum Gasteiger partial charge on any atom is 0.159 e. The Kier molecular flexibility index (Phi) is 4.27. The molecule has 1 heterocycles. The van der Waals surface area contributed by atoms with Crippen LogP contribution >= 0.6 is 0 Å². The molecule has 3 nitrogen and oxygen atoms in total. The van der Waals surface area contributed by atoms with Gasteiger partial charge in [0.2, 0.25) is 0 Å². The lowest BCUT2D eigenvalue weighted by atomic mass is 9.97. The third kappa shape index (κ3) is 3.04. The van der Waals surface area contributed by atoms with E-state index >= 15 is 0 Å². The molecule has 5 heteroatoms. The molecular formula is C13H19F2N3. The summed E-state index contributed by atoms with van der Waals surface area (Å²) in [6.07, 6.45) is 2.65. The maximum atomic E-state index is 13.2. The van der Waals surface area contributed by atoms with Crippen molar-refractivity contribution in [2.75, 3.05) is 0 Å². The highest BCUT2D eigenvalue weighted by Gasteiger charge is 2.26. The van der Waals surface area contributed by atoms with Crippen molar-refractivity contribution in [1.29, 1.82) is 0 Å². The highest BCUT2D eigenvalue weighted by atomic mass is 19.2. The molecule has 0 aliphatic carbocycles. The molecule has 1 aliphatic rings. The lowest BCUT2D eigenvalue weighted by Gasteiger charge is -2.14. The van der Waals surface area contributed by atoms with Crippen LogP contribution in [-0.4, -0.2) is 12.1 Å². The summed E-state index contributed by atoms with van der Waals surface area (Å²) in [5, 5.41) is 0. The van der Waals surface area contributed by atoms with Crippen LogP contribution in [0, 0.1) is 11.6 Å². The monoisotopic (exact) mass is 255 g/mol. The van der Waals surface area contributed by atoms with E-state index in [1.165, 1.54) is 6.07 Å². The summed E-state index contributed by atoms with van der Waals surface area (Å²) in [5.41, 5.74) is 12.9. The molecule has 2 rings (SSSR count). The fourth-order valence-electron chi connectivity index (χ4n) is 2.26. The number of benzene rings is 1. The third-order valence-electron chi connectivity index (χ3n) is 3.44. The van der Waals surface area contributed by atoms with Crippen LogP contribution in [0.1, 0.15) is 37.8 Å². The predicted octanol–water partition coefficient (Wildman–Crippen LogP) is 2.00. The van der Waals surface area contributed by atoms with E-state index in [9.17, 15) is 8.78 Å². The molecule has 3 atom stereocenters. The molecule has 100 valence electrons. The maximum absolute atomic E-state index is 13.2. The Bertz CT molecular complexity index is 411. The summed E-state index contributed by atoms with van der Waals surface area (Å²) >= 11 is 0. The van der Waals surface area contributed by atoms with Crippen molar-refractivity contribution in [3.8, 4) is 0 Å². The summed E-state index contributed by atoms with van der Waals surface area (Å²) in [6, 6.07) is 4.48. The standard InChI is InChI=1S/C13H19F2N3/c1-2-9(16)6-10-7-13(18-17-10)8-3-4-11(14)12(15)5-8/h3-5,9-10,13,17-18H,2,6-7,16H2,1H3. The number of rotatable bonds is 4. The zero-order valence-electron chi connectivity index (χ0n) is 10.4. The van der Waals surface area contributed by atoms with E-state index in [4.69, 9.17) is 5.73 Å². The molecule has 1 aromatic carbocycles. The van der Waals surface area contributed by atoms with Crippen LogP contribution in [-0.2, 0) is 0 Å². The average Bonchev–Trinajstić information content (AvgIpc) is 2.81. The Balaban J connectivity index is 1.97. The second-order valence-electron chi connectivity index (χ2n) is 4.85. The molecule has 0 amide bonds. The number of nitrogens with one attached hydrogen (secondary N) is 2. The van der Waals surface area contributed by atoms with Crippen LogP contribution in [0.25, 0.3) is 0 Å². The first-order valence-electron chi connectivity index (χ1n) is 6.31. The number of halogens is 2. The SMILES string of the molecule is CCC(N)CC1CC(c2ccc(F)c(F)c2)NN1. The molecule has 0 spiro atoms. The molecule has 0 radical (unpaired) electrons. The van der Waals surface area contributed by atoms with Crippen LogP contribution in [0.3, 0.4) is 0 Å². The first-order chi connectivity index (χ1) is 8.60.